The lowest BCUT2D eigenvalue weighted by Crippen LogP contribution is -2.14. The number of aromatic amines is 1. The summed E-state index contributed by atoms with van der Waals surface area (Å²) in [7, 11) is 0. The average Bonchev–Trinajstić information content (AvgIpc) is 2.96. The van der Waals surface area contributed by atoms with Crippen LogP contribution in [0.15, 0.2) is 40.0 Å². The van der Waals surface area contributed by atoms with Crippen molar-refractivity contribution in [2.24, 2.45) is 0 Å². The van der Waals surface area contributed by atoms with Crippen LogP contribution in [0.1, 0.15) is 18.2 Å². The molecule has 124 valence electrons. The normalized spacial score (nSPS) is 11.0. The van der Waals surface area contributed by atoms with Crippen LogP contribution < -0.4 is 5.32 Å². The Labute approximate surface area is 152 Å². The molecular weight excluding hydrogens is 388 g/mol. The van der Waals surface area contributed by atoms with Gasteiger partial charge in [-0.05, 0) is 53.0 Å². The maximum atomic E-state index is 12.1. The fraction of sp³-hybridized carbons (Fsp3) is 0.235. The summed E-state index contributed by atoms with van der Waals surface area (Å²) in [6, 6.07) is 9.84. The number of pyridine rings is 1. The first-order valence-corrected chi connectivity index (χ1v) is 9.37. The van der Waals surface area contributed by atoms with Crippen LogP contribution in [0, 0.1) is 6.92 Å². The van der Waals surface area contributed by atoms with E-state index in [2.05, 4.69) is 43.1 Å². The SMILES string of the molecule is CCc1ccc(NC(=O)CSc2nc3nc(C)c(Br)cc3[nH]2)cc1. The Hall–Kier alpha value is -1.86. The highest BCUT2D eigenvalue weighted by molar-refractivity contribution is 9.10. The van der Waals surface area contributed by atoms with Gasteiger partial charge in [0.15, 0.2) is 10.8 Å². The Kier molecular flexibility index (Phi) is 5.20. The zero-order valence-corrected chi connectivity index (χ0v) is 15.8. The molecule has 2 heterocycles. The molecule has 3 aromatic rings. The van der Waals surface area contributed by atoms with Crippen LogP contribution in [0.2, 0.25) is 0 Å². The highest BCUT2D eigenvalue weighted by atomic mass is 79.9. The lowest BCUT2D eigenvalue weighted by molar-refractivity contribution is -0.113. The first kappa shape index (κ1) is 17.0. The van der Waals surface area contributed by atoms with E-state index in [1.54, 1.807) is 0 Å². The minimum Gasteiger partial charge on any atom is -0.331 e. The molecule has 1 aromatic carbocycles. The van der Waals surface area contributed by atoms with E-state index in [-0.39, 0.29) is 11.7 Å². The zero-order chi connectivity index (χ0) is 17.1. The van der Waals surface area contributed by atoms with Crippen LogP contribution in [-0.2, 0) is 11.2 Å². The van der Waals surface area contributed by atoms with Gasteiger partial charge in [-0.25, -0.2) is 9.97 Å². The lowest BCUT2D eigenvalue weighted by Gasteiger charge is -2.05. The Balaban J connectivity index is 1.61. The number of amides is 1. The first-order valence-electron chi connectivity index (χ1n) is 7.59. The van der Waals surface area contributed by atoms with Gasteiger partial charge in [0.05, 0.1) is 17.0 Å². The molecule has 3 rings (SSSR count). The molecule has 0 spiro atoms. The van der Waals surface area contributed by atoms with Crippen molar-refractivity contribution in [2.75, 3.05) is 11.1 Å². The van der Waals surface area contributed by atoms with Crippen molar-refractivity contribution in [1.82, 2.24) is 15.0 Å². The summed E-state index contributed by atoms with van der Waals surface area (Å²) < 4.78 is 0.934. The molecule has 24 heavy (non-hydrogen) atoms. The second-order valence-electron chi connectivity index (χ2n) is 5.36. The number of anilines is 1. The van der Waals surface area contributed by atoms with Crippen molar-refractivity contribution in [2.45, 2.75) is 25.4 Å². The molecule has 0 fully saturated rings. The Morgan fingerprint density at radius 2 is 2.04 bits per heavy atom. The molecule has 0 radical (unpaired) electrons. The van der Waals surface area contributed by atoms with Gasteiger partial charge in [-0.1, -0.05) is 30.8 Å². The minimum atomic E-state index is -0.0602. The molecule has 0 aliphatic heterocycles. The van der Waals surface area contributed by atoms with Gasteiger partial charge in [0, 0.05) is 10.2 Å². The van der Waals surface area contributed by atoms with Crippen molar-refractivity contribution >= 4 is 50.5 Å². The van der Waals surface area contributed by atoms with Crippen LogP contribution in [0.3, 0.4) is 0 Å². The predicted octanol–water partition coefficient (Wildman–Crippen LogP) is 4.32. The molecule has 0 atom stereocenters. The molecular formula is C17H17BrN4OS. The van der Waals surface area contributed by atoms with Gasteiger partial charge in [0.25, 0.3) is 0 Å². The van der Waals surface area contributed by atoms with Crippen molar-refractivity contribution in [3.63, 3.8) is 0 Å². The maximum absolute atomic E-state index is 12.1. The van der Waals surface area contributed by atoms with Gasteiger partial charge in [0.1, 0.15) is 0 Å². The molecule has 0 aliphatic carbocycles. The number of nitrogens with one attached hydrogen (secondary N) is 2. The molecule has 0 unspecified atom stereocenters. The van der Waals surface area contributed by atoms with Crippen molar-refractivity contribution in [3.8, 4) is 0 Å². The molecule has 7 heteroatoms. The smallest absolute Gasteiger partial charge is 0.234 e. The number of halogens is 1. The van der Waals surface area contributed by atoms with Crippen LogP contribution in [0.4, 0.5) is 5.69 Å². The van der Waals surface area contributed by atoms with E-state index in [4.69, 9.17) is 0 Å². The van der Waals surface area contributed by atoms with Gasteiger partial charge in [-0.3, -0.25) is 4.79 Å². The van der Waals surface area contributed by atoms with Gasteiger partial charge in [0.2, 0.25) is 5.91 Å². The lowest BCUT2D eigenvalue weighted by atomic mass is 10.1. The Bertz CT molecular complexity index is 837. The molecule has 0 bridgehead atoms. The maximum Gasteiger partial charge on any atom is 0.234 e. The molecule has 0 saturated carbocycles. The number of aryl methyl sites for hydroxylation is 2. The average molecular weight is 405 g/mol. The molecule has 0 aliphatic rings. The molecule has 2 aromatic heterocycles. The summed E-state index contributed by atoms with van der Waals surface area (Å²) in [6.07, 6.45) is 0.986. The van der Waals surface area contributed by atoms with Crippen LogP contribution >= 0.6 is 27.7 Å². The third-order valence-electron chi connectivity index (χ3n) is 3.57. The van der Waals surface area contributed by atoms with Crippen molar-refractivity contribution in [1.29, 1.82) is 0 Å². The third kappa shape index (κ3) is 3.96. The van der Waals surface area contributed by atoms with Gasteiger partial charge in [-0.15, -0.1) is 0 Å². The summed E-state index contributed by atoms with van der Waals surface area (Å²) in [4.78, 5) is 24.1. The molecule has 1 amide bonds. The van der Waals surface area contributed by atoms with Gasteiger partial charge in [-0.2, -0.15) is 0 Å². The van der Waals surface area contributed by atoms with Crippen LogP contribution in [0.5, 0.6) is 0 Å². The summed E-state index contributed by atoms with van der Waals surface area (Å²) in [6.45, 7) is 4.02. The number of rotatable bonds is 5. The Morgan fingerprint density at radius 1 is 1.29 bits per heavy atom. The summed E-state index contributed by atoms with van der Waals surface area (Å²) >= 11 is 4.81. The van der Waals surface area contributed by atoms with E-state index in [9.17, 15) is 4.79 Å². The fourth-order valence-electron chi connectivity index (χ4n) is 2.21. The number of fused-ring (bicyclic) bond motifs is 1. The first-order chi connectivity index (χ1) is 11.5. The molecule has 0 saturated heterocycles. The topological polar surface area (TPSA) is 70.7 Å². The molecule has 2 N–H and O–H groups in total. The minimum absolute atomic E-state index is 0.0602. The van der Waals surface area contributed by atoms with Gasteiger partial charge >= 0.3 is 0 Å². The number of carbonyl (C=O) groups is 1. The fourth-order valence-corrected chi connectivity index (χ4v) is 3.20. The van der Waals surface area contributed by atoms with Crippen molar-refractivity contribution < 1.29 is 4.79 Å². The number of H-pyrrole nitrogens is 1. The predicted molar refractivity (Wildman–Crippen MR) is 101 cm³/mol. The third-order valence-corrected chi connectivity index (χ3v) is 5.24. The largest absolute Gasteiger partial charge is 0.331 e. The van der Waals surface area contributed by atoms with E-state index in [0.29, 0.717) is 10.8 Å². The Morgan fingerprint density at radius 3 is 2.75 bits per heavy atom. The quantitative estimate of drug-likeness (QED) is 0.621. The number of carbonyl (C=O) groups excluding carboxylic acids is 1. The summed E-state index contributed by atoms with van der Waals surface area (Å²) in [5, 5.41) is 3.58. The van der Waals surface area contributed by atoms with Crippen LogP contribution in [0.25, 0.3) is 11.2 Å². The second kappa shape index (κ2) is 7.36. The van der Waals surface area contributed by atoms with E-state index >= 15 is 0 Å². The highest BCUT2D eigenvalue weighted by Gasteiger charge is 2.10. The van der Waals surface area contributed by atoms with E-state index in [1.807, 2.05) is 37.3 Å². The second-order valence-corrected chi connectivity index (χ2v) is 7.17. The number of thioether (sulfide) groups is 1. The number of hydrogen-bond donors (Lipinski definition) is 2. The van der Waals surface area contributed by atoms with Crippen LogP contribution in [-0.4, -0.2) is 26.6 Å². The number of nitrogens with zero attached hydrogens (tertiary/aromatic N) is 2. The highest BCUT2D eigenvalue weighted by Crippen LogP contribution is 2.23. The number of aromatic nitrogens is 3. The van der Waals surface area contributed by atoms with E-state index in [0.717, 1.165) is 27.8 Å². The van der Waals surface area contributed by atoms with E-state index in [1.165, 1.54) is 17.3 Å². The zero-order valence-electron chi connectivity index (χ0n) is 13.4. The standard InChI is InChI=1S/C17H17BrN4OS/c1-3-11-4-6-12(7-5-11)20-15(23)9-24-17-21-14-8-13(18)10(2)19-16(14)22-17/h4-8H,3,9H2,1-2H3,(H,20,23)(H,19,21,22). The van der Waals surface area contributed by atoms with E-state index < -0.39 is 0 Å². The number of benzene rings is 1. The summed E-state index contributed by atoms with van der Waals surface area (Å²) in [5.74, 6) is 0.227. The monoisotopic (exact) mass is 404 g/mol. The number of imidazole rings is 1. The number of hydrogen-bond acceptors (Lipinski definition) is 4. The summed E-state index contributed by atoms with van der Waals surface area (Å²) in [5.41, 5.74) is 4.46. The van der Waals surface area contributed by atoms with Crippen molar-refractivity contribution in [3.05, 3.63) is 46.1 Å². The molecule has 5 nitrogen and oxygen atoms in total. The van der Waals surface area contributed by atoms with Gasteiger partial charge < -0.3 is 10.3 Å².